The van der Waals surface area contributed by atoms with Gasteiger partial charge in [0.05, 0.1) is 6.10 Å². The summed E-state index contributed by atoms with van der Waals surface area (Å²) in [6, 6.07) is 0. The molecule has 0 aromatic rings. The normalized spacial score (nSPS) is 38.5. The Balaban J connectivity index is 1.73. The first-order valence-electron chi connectivity index (χ1n) is 12.3. The predicted molar refractivity (Wildman–Crippen MR) is 127 cm³/mol. The fourth-order valence-corrected chi connectivity index (χ4v) is 6.70. The second kappa shape index (κ2) is 9.57. The van der Waals surface area contributed by atoms with Crippen LogP contribution in [0.2, 0.25) is 0 Å². The Kier molecular flexibility index (Phi) is 7.51. The highest BCUT2D eigenvalue weighted by Crippen LogP contribution is 2.60. The van der Waals surface area contributed by atoms with Gasteiger partial charge in [-0.3, -0.25) is 0 Å². The van der Waals surface area contributed by atoms with Gasteiger partial charge in [-0.25, -0.2) is 0 Å². The quantitative estimate of drug-likeness (QED) is 0.473. The average molecular weight is 413 g/mol. The molecular weight excluding hydrogens is 368 g/mol. The van der Waals surface area contributed by atoms with Crippen molar-refractivity contribution in [2.75, 3.05) is 0 Å². The van der Waals surface area contributed by atoms with Gasteiger partial charge in [-0.05, 0) is 77.9 Å². The lowest BCUT2D eigenvalue weighted by Gasteiger charge is -2.44. The Bertz CT molecular complexity index is 712. The average Bonchev–Trinajstić information content (AvgIpc) is 3.05. The largest absolute Gasteiger partial charge is 0.388 e. The fourth-order valence-electron chi connectivity index (χ4n) is 6.70. The summed E-state index contributed by atoms with van der Waals surface area (Å²) in [6.45, 7) is 17.6. The molecule has 2 N–H and O–H groups in total. The molecule has 3 fully saturated rings. The van der Waals surface area contributed by atoms with Crippen molar-refractivity contribution in [2.24, 2.45) is 29.1 Å². The van der Waals surface area contributed by atoms with E-state index in [0.717, 1.165) is 23.3 Å². The van der Waals surface area contributed by atoms with Crippen LogP contribution in [0.4, 0.5) is 0 Å². The Morgan fingerprint density at radius 1 is 1.10 bits per heavy atom. The number of rotatable bonds is 6. The Labute approximate surface area is 184 Å². The lowest BCUT2D eigenvalue weighted by Crippen LogP contribution is -2.36. The summed E-state index contributed by atoms with van der Waals surface area (Å²) in [5.74, 6) is 3.14. The molecule has 0 aromatic carbocycles. The molecule has 0 amide bonds. The van der Waals surface area contributed by atoms with Crippen molar-refractivity contribution in [2.45, 2.75) is 97.7 Å². The summed E-state index contributed by atoms with van der Waals surface area (Å²) >= 11 is 0. The molecular formula is C28H44O2. The summed E-state index contributed by atoms with van der Waals surface area (Å²) in [5.41, 5.74) is 4.15. The van der Waals surface area contributed by atoms with Gasteiger partial charge in [0.15, 0.2) is 0 Å². The van der Waals surface area contributed by atoms with Crippen molar-refractivity contribution < 1.29 is 10.2 Å². The van der Waals surface area contributed by atoms with Crippen LogP contribution < -0.4 is 0 Å². The molecule has 0 radical (unpaired) electrons. The molecule has 0 heterocycles. The zero-order valence-electron chi connectivity index (χ0n) is 19.8. The van der Waals surface area contributed by atoms with E-state index in [9.17, 15) is 10.2 Å². The maximum absolute atomic E-state index is 10.3. The van der Waals surface area contributed by atoms with Gasteiger partial charge in [-0.15, -0.1) is 0 Å². The van der Waals surface area contributed by atoms with Gasteiger partial charge in [0.2, 0.25) is 0 Å². The van der Waals surface area contributed by atoms with Crippen LogP contribution in [0.1, 0.15) is 85.5 Å². The van der Waals surface area contributed by atoms with Crippen LogP contribution in [0.5, 0.6) is 0 Å². The Morgan fingerprint density at radius 3 is 2.53 bits per heavy atom. The van der Waals surface area contributed by atoms with Crippen molar-refractivity contribution in [3.05, 3.63) is 47.6 Å². The van der Waals surface area contributed by atoms with Gasteiger partial charge in [0, 0.05) is 6.42 Å². The van der Waals surface area contributed by atoms with Crippen molar-refractivity contribution in [3.8, 4) is 0 Å². The molecule has 30 heavy (non-hydrogen) atoms. The van der Waals surface area contributed by atoms with Gasteiger partial charge in [0.1, 0.15) is 6.10 Å². The molecule has 2 nitrogen and oxygen atoms in total. The van der Waals surface area contributed by atoms with Gasteiger partial charge in [-0.2, -0.15) is 0 Å². The van der Waals surface area contributed by atoms with E-state index >= 15 is 0 Å². The number of allylic oxidation sites excluding steroid dienone is 3. The highest BCUT2D eigenvalue weighted by Gasteiger charge is 2.50. The molecule has 1 unspecified atom stereocenters. The lowest BCUT2D eigenvalue weighted by molar-refractivity contribution is 0.0928. The van der Waals surface area contributed by atoms with E-state index in [1.54, 1.807) is 5.57 Å². The highest BCUT2D eigenvalue weighted by atomic mass is 16.3. The number of fused-ring (bicyclic) bond motifs is 1. The third kappa shape index (κ3) is 4.70. The van der Waals surface area contributed by atoms with Crippen molar-refractivity contribution in [1.82, 2.24) is 0 Å². The molecule has 0 aromatic heterocycles. The van der Waals surface area contributed by atoms with Gasteiger partial charge in [-0.1, -0.05) is 77.8 Å². The van der Waals surface area contributed by atoms with Crippen molar-refractivity contribution in [3.63, 3.8) is 0 Å². The fraction of sp³-hybridized carbons (Fsp3) is 0.714. The molecule has 0 spiro atoms. The van der Waals surface area contributed by atoms with E-state index in [-0.39, 0.29) is 0 Å². The molecule has 3 saturated carbocycles. The predicted octanol–water partition coefficient (Wildman–Crippen LogP) is 6.76. The minimum absolute atomic E-state index is 0.427. The van der Waals surface area contributed by atoms with Crippen LogP contribution in [0, 0.1) is 29.1 Å². The third-order valence-electron chi connectivity index (χ3n) is 8.60. The first-order valence-corrected chi connectivity index (χ1v) is 12.3. The summed E-state index contributed by atoms with van der Waals surface area (Å²) in [6.07, 6.45) is 14.0. The number of hydrogen-bond acceptors (Lipinski definition) is 2. The number of hydrogen-bond donors (Lipinski definition) is 2. The van der Waals surface area contributed by atoms with Crippen LogP contribution in [0.25, 0.3) is 0 Å². The monoisotopic (exact) mass is 412 g/mol. The molecule has 0 aliphatic heterocycles. The van der Waals surface area contributed by atoms with Crippen LogP contribution in [-0.2, 0) is 0 Å². The summed E-state index contributed by atoms with van der Waals surface area (Å²) in [5, 5.41) is 20.5. The standard InChI is InChI=1S/C28H44O2/c1-18(2)9-7-10-19(3)24-14-15-25-22(11-8-16-28(24,25)6)12-13-23-17-26(29)21(5)27(30)20(23)4/h12-13,18-19,24-27,29-30H,4-5,7-11,14-17H2,1-3,6H3/b22-12?,23-13-/t19-,24-,25?,26-,27+,28-/m1/s1. The van der Waals surface area contributed by atoms with Crippen LogP contribution in [-0.4, -0.2) is 22.4 Å². The molecule has 168 valence electrons. The topological polar surface area (TPSA) is 40.5 Å². The molecule has 0 saturated heterocycles. The Hall–Kier alpha value is -1.12. The second-order valence-corrected chi connectivity index (χ2v) is 11.1. The maximum atomic E-state index is 10.3. The smallest absolute Gasteiger partial charge is 0.102 e. The van der Waals surface area contributed by atoms with Crippen molar-refractivity contribution in [1.29, 1.82) is 0 Å². The van der Waals surface area contributed by atoms with E-state index in [4.69, 9.17) is 0 Å². The first-order chi connectivity index (χ1) is 14.1. The minimum atomic E-state index is -0.822. The van der Waals surface area contributed by atoms with E-state index in [2.05, 4.69) is 53.0 Å². The molecule has 0 bridgehead atoms. The number of aliphatic hydroxyl groups excluding tert-OH is 2. The molecule has 6 atom stereocenters. The third-order valence-corrected chi connectivity index (χ3v) is 8.60. The Morgan fingerprint density at radius 2 is 1.83 bits per heavy atom. The zero-order valence-corrected chi connectivity index (χ0v) is 19.8. The minimum Gasteiger partial charge on any atom is -0.388 e. The molecule has 2 heteroatoms. The van der Waals surface area contributed by atoms with E-state index < -0.39 is 12.2 Å². The molecule has 3 aliphatic carbocycles. The van der Waals surface area contributed by atoms with E-state index in [0.29, 0.717) is 28.9 Å². The van der Waals surface area contributed by atoms with Gasteiger partial charge < -0.3 is 10.2 Å². The second-order valence-electron chi connectivity index (χ2n) is 11.1. The SMILES string of the molecule is C=C1/C(=C\C=C2CCC[C@@]3(C)C2CC[C@@H]3[C@H](C)CCCC(C)C)C[C@@H](O)C(=C)[C@H]1O. The highest BCUT2D eigenvalue weighted by molar-refractivity contribution is 5.45. The van der Waals surface area contributed by atoms with Crippen LogP contribution in [0.15, 0.2) is 47.6 Å². The van der Waals surface area contributed by atoms with Gasteiger partial charge in [0.25, 0.3) is 0 Å². The molecule has 3 rings (SSSR count). The summed E-state index contributed by atoms with van der Waals surface area (Å²) < 4.78 is 0. The summed E-state index contributed by atoms with van der Waals surface area (Å²) in [4.78, 5) is 0. The van der Waals surface area contributed by atoms with Crippen LogP contribution in [0.3, 0.4) is 0 Å². The van der Waals surface area contributed by atoms with E-state index in [1.165, 1.54) is 51.4 Å². The molecule has 3 aliphatic rings. The van der Waals surface area contributed by atoms with Crippen LogP contribution >= 0.6 is 0 Å². The maximum Gasteiger partial charge on any atom is 0.102 e. The summed E-state index contributed by atoms with van der Waals surface area (Å²) in [7, 11) is 0. The van der Waals surface area contributed by atoms with Gasteiger partial charge >= 0.3 is 0 Å². The van der Waals surface area contributed by atoms with E-state index in [1.807, 2.05) is 0 Å². The van der Waals surface area contributed by atoms with Crippen molar-refractivity contribution >= 4 is 0 Å². The number of aliphatic hydroxyl groups is 2. The first kappa shape index (κ1) is 23.5. The zero-order chi connectivity index (χ0) is 22.1. The lowest BCUT2D eigenvalue weighted by atomic mass is 9.60.